The van der Waals surface area contributed by atoms with Crippen LogP contribution in [-0.4, -0.2) is 77.6 Å². The Balaban J connectivity index is 0.000000308. The van der Waals surface area contributed by atoms with E-state index in [0.29, 0.717) is 71.0 Å². The van der Waals surface area contributed by atoms with Gasteiger partial charge in [-0.25, -0.2) is 13.6 Å². The Bertz CT molecular complexity index is 1880. The van der Waals surface area contributed by atoms with Crippen molar-refractivity contribution >= 4 is 27.5 Å². The third-order valence-corrected chi connectivity index (χ3v) is 9.56. The van der Waals surface area contributed by atoms with Gasteiger partial charge in [-0.05, 0) is 69.2 Å². The van der Waals surface area contributed by atoms with Crippen molar-refractivity contribution in [3.05, 3.63) is 51.6 Å². The Kier molecular flexibility index (Phi) is 7.58. The first-order chi connectivity index (χ1) is 21.7. The van der Waals surface area contributed by atoms with E-state index in [1.807, 2.05) is 0 Å². The molecule has 234 valence electrons. The second kappa shape index (κ2) is 11.6. The zero-order valence-corrected chi connectivity index (χ0v) is 25.3. The van der Waals surface area contributed by atoms with E-state index in [2.05, 4.69) is 31.0 Å². The van der Waals surface area contributed by atoms with E-state index >= 15 is 0 Å². The summed E-state index contributed by atoms with van der Waals surface area (Å²) in [7, 11) is 1.47. The molecular weight excluding hydrogens is 580 g/mol. The molecule has 0 radical (unpaired) electrons. The number of piperazine rings is 1. The molecule has 0 spiro atoms. The highest BCUT2D eigenvalue weighted by molar-refractivity contribution is 6.03. The summed E-state index contributed by atoms with van der Waals surface area (Å²) in [5, 5.41) is 15.1. The normalized spacial score (nSPS) is 24.0. The van der Waals surface area contributed by atoms with Gasteiger partial charge in [-0.2, -0.15) is 9.97 Å². The van der Waals surface area contributed by atoms with Gasteiger partial charge in [0.25, 0.3) is 0 Å². The van der Waals surface area contributed by atoms with Crippen LogP contribution in [0.15, 0.2) is 33.5 Å². The molecule has 4 fully saturated rings. The third-order valence-electron chi connectivity index (χ3n) is 9.56. The van der Waals surface area contributed by atoms with Gasteiger partial charge >= 0.3 is 11.6 Å². The maximum absolute atomic E-state index is 14.6. The summed E-state index contributed by atoms with van der Waals surface area (Å²) in [4.78, 5) is 26.9. The molecule has 2 aromatic carbocycles. The number of hydrogen-bond acceptors (Lipinski definition) is 9. The zero-order valence-electron chi connectivity index (χ0n) is 25.3. The van der Waals surface area contributed by atoms with Crippen LogP contribution in [0.2, 0.25) is 0 Å². The van der Waals surface area contributed by atoms with E-state index in [9.17, 15) is 18.7 Å². The number of alkyl halides is 1. The number of terminal acetylenes is 1. The smallest absolute Gasteiger partial charge is 0.349 e. The van der Waals surface area contributed by atoms with Gasteiger partial charge in [0, 0.05) is 54.3 Å². The van der Waals surface area contributed by atoms with E-state index in [-0.39, 0.29) is 28.5 Å². The number of nitrogens with one attached hydrogen (secondary N) is 1. The minimum absolute atomic E-state index is 0.0156. The van der Waals surface area contributed by atoms with Crippen molar-refractivity contribution in [1.82, 2.24) is 20.2 Å². The summed E-state index contributed by atoms with van der Waals surface area (Å²) in [5.41, 5.74) is 0.562. The molecule has 0 amide bonds. The molecule has 4 saturated heterocycles. The Morgan fingerprint density at radius 2 is 1.91 bits per heavy atom. The van der Waals surface area contributed by atoms with Crippen LogP contribution in [0.3, 0.4) is 0 Å². The monoisotopic (exact) mass is 615 g/mol. The lowest BCUT2D eigenvalue weighted by molar-refractivity contribution is 0.292. The molecule has 6 heterocycles. The largest absolute Gasteiger partial charge is 0.508 e. The highest BCUT2D eigenvalue weighted by atomic mass is 19.1. The van der Waals surface area contributed by atoms with Crippen LogP contribution in [-0.2, 0) is 0 Å². The van der Waals surface area contributed by atoms with E-state index in [1.165, 1.54) is 44.2 Å². The number of phenols is 1. The van der Waals surface area contributed by atoms with E-state index in [4.69, 9.17) is 15.6 Å². The molecule has 4 unspecified atom stereocenters. The average Bonchev–Trinajstić information content (AvgIpc) is 3.72. The van der Waals surface area contributed by atoms with Crippen LogP contribution in [0.5, 0.6) is 11.8 Å². The Morgan fingerprint density at radius 3 is 2.62 bits per heavy atom. The highest BCUT2D eigenvalue weighted by Crippen LogP contribution is 2.39. The number of aryl methyl sites for hydroxylation is 1. The maximum atomic E-state index is 14.6. The van der Waals surface area contributed by atoms with Crippen molar-refractivity contribution in [3.8, 4) is 35.4 Å². The molecular formula is C34H35F2N5O4. The lowest BCUT2D eigenvalue weighted by Crippen LogP contribution is -2.51. The van der Waals surface area contributed by atoms with Gasteiger partial charge in [-0.3, -0.25) is 4.90 Å². The topological polar surface area (TPSA) is 104 Å². The second-order valence-corrected chi connectivity index (χ2v) is 12.4. The number of halogens is 2. The summed E-state index contributed by atoms with van der Waals surface area (Å²) < 4.78 is 38.5. The molecule has 0 saturated carbocycles. The number of phenolic OH excluding ortho intramolecular Hbond substituents is 1. The highest BCUT2D eigenvalue weighted by Gasteiger charge is 2.36. The van der Waals surface area contributed by atoms with E-state index in [1.54, 1.807) is 6.92 Å². The molecule has 9 nitrogen and oxygen atoms in total. The minimum atomic E-state index is -0.635. The fraction of sp³-hybridized carbons (Fsp3) is 0.441. The maximum Gasteiger partial charge on any atom is 0.349 e. The fourth-order valence-electron chi connectivity index (χ4n) is 7.53. The summed E-state index contributed by atoms with van der Waals surface area (Å²) in [5.74, 6) is 2.33. The number of benzene rings is 2. The number of rotatable bonds is 3. The van der Waals surface area contributed by atoms with Crippen LogP contribution in [0.1, 0.15) is 43.2 Å². The quantitative estimate of drug-likeness (QED) is 0.318. The standard InChI is InChI=1S/C27H23FN4O4.C7H12FN/c1-4-18-20(28)8-5-14-9-17(33)10-19(21(14)18)24-13(2)23-22(26(34)36-24)25(31-27(30-23)35-3)32-11-15-6-7-16(12-32)29-15;8-6-4-7-2-1-3-9(7)5-6/h1,5,8-10,15-16,29,33H,6-7,11-12H2,2-3H3;6-7H,1-5H2. The van der Waals surface area contributed by atoms with Gasteiger partial charge < -0.3 is 24.5 Å². The molecule has 2 aromatic heterocycles. The van der Waals surface area contributed by atoms with Crippen molar-refractivity contribution in [3.63, 3.8) is 0 Å². The number of nitrogens with zero attached hydrogens (tertiary/aromatic N) is 4. The minimum Gasteiger partial charge on any atom is -0.508 e. The van der Waals surface area contributed by atoms with Crippen molar-refractivity contribution < 1.29 is 23.0 Å². The first kappa shape index (κ1) is 29.4. The number of fused-ring (bicyclic) bond motifs is 5. The van der Waals surface area contributed by atoms with Gasteiger partial charge in [0.05, 0.1) is 18.2 Å². The first-order valence-corrected chi connectivity index (χ1v) is 15.4. The molecule has 2 bridgehead atoms. The summed E-state index contributed by atoms with van der Waals surface area (Å²) in [6, 6.07) is 7.04. The molecule has 11 heteroatoms. The van der Waals surface area contributed by atoms with Crippen molar-refractivity contribution in [2.45, 2.75) is 63.3 Å². The summed E-state index contributed by atoms with van der Waals surface area (Å²) in [6.45, 7) is 5.01. The summed E-state index contributed by atoms with van der Waals surface area (Å²) >= 11 is 0. The molecule has 45 heavy (non-hydrogen) atoms. The first-order valence-electron chi connectivity index (χ1n) is 15.4. The number of anilines is 1. The van der Waals surface area contributed by atoms with Gasteiger partial charge in [0.1, 0.15) is 28.9 Å². The lowest BCUT2D eigenvalue weighted by Gasteiger charge is -2.34. The second-order valence-electron chi connectivity index (χ2n) is 12.4. The Hall–Kier alpha value is -4.27. The van der Waals surface area contributed by atoms with Crippen LogP contribution in [0.4, 0.5) is 14.6 Å². The summed E-state index contributed by atoms with van der Waals surface area (Å²) in [6.07, 6.45) is 10.6. The van der Waals surface area contributed by atoms with Crippen molar-refractivity contribution in [1.29, 1.82) is 0 Å². The van der Waals surface area contributed by atoms with Crippen LogP contribution >= 0.6 is 0 Å². The lowest BCUT2D eigenvalue weighted by atomic mass is 9.95. The fourth-order valence-corrected chi connectivity index (χ4v) is 7.53. The Labute approximate surface area is 259 Å². The average molecular weight is 616 g/mol. The zero-order chi connectivity index (χ0) is 31.4. The van der Waals surface area contributed by atoms with Crippen LogP contribution in [0, 0.1) is 25.1 Å². The number of hydrogen-bond donors (Lipinski definition) is 2. The van der Waals surface area contributed by atoms with Crippen LogP contribution < -0.4 is 20.6 Å². The molecule has 8 rings (SSSR count). The predicted octanol–water partition coefficient (Wildman–Crippen LogP) is 4.68. The molecule has 0 aliphatic carbocycles. The number of aromatic hydroxyl groups is 1. The molecule has 2 N–H and O–H groups in total. The molecule has 4 atom stereocenters. The molecule has 4 aromatic rings. The van der Waals surface area contributed by atoms with Gasteiger partial charge in [-0.15, -0.1) is 6.42 Å². The third kappa shape index (κ3) is 5.26. The van der Waals surface area contributed by atoms with Gasteiger partial charge in [0.2, 0.25) is 0 Å². The van der Waals surface area contributed by atoms with Gasteiger partial charge in [-0.1, -0.05) is 12.0 Å². The predicted molar refractivity (Wildman–Crippen MR) is 168 cm³/mol. The van der Waals surface area contributed by atoms with Crippen LogP contribution in [0.25, 0.3) is 33.0 Å². The van der Waals surface area contributed by atoms with Crippen molar-refractivity contribution in [2.24, 2.45) is 0 Å². The van der Waals surface area contributed by atoms with E-state index < -0.39 is 17.6 Å². The molecule has 4 aliphatic rings. The SMILES string of the molecule is C#Cc1c(F)ccc2cc(O)cc(-c3oc(=O)c4c(N5CC6CCC(C5)N6)nc(OC)nc4c3C)c12.FC1CC2CCCN2C1. The van der Waals surface area contributed by atoms with E-state index in [0.717, 1.165) is 25.8 Å². The number of aromatic nitrogens is 2. The Morgan fingerprint density at radius 1 is 1.13 bits per heavy atom. The number of ether oxygens (including phenoxy) is 1. The molecule has 4 aliphatic heterocycles. The van der Waals surface area contributed by atoms with Crippen molar-refractivity contribution in [2.75, 3.05) is 38.2 Å². The van der Waals surface area contributed by atoms with Gasteiger partial charge in [0.15, 0.2) is 5.82 Å². The number of methoxy groups -OCH3 is 1.